The number of nitrogens with zero attached hydrogens (tertiary/aromatic N) is 5. The number of benzene rings is 1. The van der Waals surface area contributed by atoms with Crippen molar-refractivity contribution in [1.82, 2.24) is 19.1 Å². The van der Waals surface area contributed by atoms with Gasteiger partial charge in [-0.1, -0.05) is 6.07 Å². The molecule has 0 spiro atoms. The van der Waals surface area contributed by atoms with Gasteiger partial charge < -0.3 is 24.5 Å². The van der Waals surface area contributed by atoms with E-state index in [0.29, 0.717) is 0 Å². The number of carbonyl (C=O) groups is 1. The molecule has 1 aromatic carbocycles. The second-order valence-electron chi connectivity index (χ2n) is 8.18. The number of nitrogens with two attached hydrogens (primary N) is 1. The van der Waals surface area contributed by atoms with Crippen LogP contribution in [0.1, 0.15) is 18.5 Å². The summed E-state index contributed by atoms with van der Waals surface area (Å²) in [7, 11) is 2.06. The average molecular weight is 419 g/mol. The Bertz CT molecular complexity index is 1270. The topological polar surface area (TPSA) is 91.2 Å². The van der Waals surface area contributed by atoms with Gasteiger partial charge in [0.1, 0.15) is 30.2 Å². The molecule has 1 aliphatic heterocycles. The normalized spacial score (nSPS) is 15.1. The summed E-state index contributed by atoms with van der Waals surface area (Å²) in [5.41, 5.74) is 9.55. The molecule has 0 bridgehead atoms. The first-order chi connectivity index (χ1) is 15.0. The van der Waals surface area contributed by atoms with Crippen LogP contribution in [0.3, 0.4) is 0 Å². The van der Waals surface area contributed by atoms with Crippen LogP contribution in [0, 0.1) is 6.92 Å². The van der Waals surface area contributed by atoms with Gasteiger partial charge in [0.15, 0.2) is 5.82 Å². The van der Waals surface area contributed by atoms with Crippen LogP contribution < -0.4 is 15.4 Å². The van der Waals surface area contributed by atoms with E-state index >= 15 is 0 Å². The molecule has 0 aliphatic carbocycles. The molecule has 0 radical (unpaired) electrons. The van der Waals surface area contributed by atoms with Crippen LogP contribution in [0.15, 0.2) is 42.9 Å². The zero-order valence-electron chi connectivity index (χ0n) is 17.8. The molecule has 3 aromatic heterocycles. The van der Waals surface area contributed by atoms with E-state index < -0.39 is 0 Å². The van der Waals surface area contributed by atoms with Gasteiger partial charge >= 0.3 is 0 Å². The quantitative estimate of drug-likeness (QED) is 0.538. The van der Waals surface area contributed by atoms with Gasteiger partial charge in [-0.2, -0.15) is 0 Å². The maximum absolute atomic E-state index is 11.3. The third kappa shape index (κ3) is 3.48. The molecule has 0 atom stereocenters. The van der Waals surface area contributed by atoms with Crippen LogP contribution in [-0.4, -0.2) is 44.2 Å². The van der Waals surface area contributed by atoms with Crippen LogP contribution in [0.4, 0.5) is 5.82 Å². The molecule has 160 valence electrons. The largest absolute Gasteiger partial charge is 0.490 e. The molecular weight excluding hydrogens is 392 g/mol. The highest BCUT2D eigenvalue weighted by atomic mass is 16.5. The van der Waals surface area contributed by atoms with E-state index in [1.807, 2.05) is 35.0 Å². The summed E-state index contributed by atoms with van der Waals surface area (Å²) in [5.74, 6) is 1.48. The maximum atomic E-state index is 11.3. The van der Waals surface area contributed by atoms with Gasteiger partial charge in [0, 0.05) is 50.3 Å². The number of primary amides is 1. The molecule has 31 heavy (non-hydrogen) atoms. The van der Waals surface area contributed by atoms with Crippen LogP contribution in [0.5, 0.6) is 5.75 Å². The maximum Gasteiger partial charge on any atom is 0.237 e. The highest BCUT2D eigenvalue weighted by molar-refractivity contribution is 5.88. The van der Waals surface area contributed by atoms with Crippen LogP contribution >= 0.6 is 0 Å². The second kappa shape index (κ2) is 7.61. The molecule has 5 rings (SSSR count). The molecule has 4 heterocycles. The number of rotatable bonds is 5. The number of carbonyl (C=O) groups excluding carboxylic acids is 1. The van der Waals surface area contributed by atoms with Crippen molar-refractivity contribution in [3.63, 3.8) is 0 Å². The Morgan fingerprint density at radius 1 is 1.23 bits per heavy atom. The smallest absolute Gasteiger partial charge is 0.237 e. The van der Waals surface area contributed by atoms with Gasteiger partial charge in [-0.15, -0.1) is 0 Å². The molecule has 8 heteroatoms. The van der Waals surface area contributed by atoms with Gasteiger partial charge in [0.25, 0.3) is 0 Å². The molecule has 0 saturated carbocycles. The summed E-state index contributed by atoms with van der Waals surface area (Å²) >= 11 is 0. The van der Waals surface area contributed by atoms with Crippen molar-refractivity contribution < 1.29 is 9.53 Å². The van der Waals surface area contributed by atoms with Crippen molar-refractivity contribution in [3.8, 4) is 5.75 Å². The summed E-state index contributed by atoms with van der Waals surface area (Å²) in [5, 5.41) is 1.00. The van der Waals surface area contributed by atoms with Gasteiger partial charge in [-0.05, 0) is 31.2 Å². The minimum Gasteiger partial charge on any atom is -0.490 e. The fourth-order valence-corrected chi connectivity index (χ4v) is 4.48. The lowest BCUT2D eigenvalue weighted by Gasteiger charge is -2.33. The summed E-state index contributed by atoms with van der Waals surface area (Å²) < 4.78 is 10.4. The van der Waals surface area contributed by atoms with Gasteiger partial charge in [-0.3, -0.25) is 4.79 Å². The van der Waals surface area contributed by atoms with Gasteiger partial charge in [0.05, 0.1) is 11.0 Å². The third-order valence-corrected chi connectivity index (χ3v) is 6.18. The summed E-state index contributed by atoms with van der Waals surface area (Å²) in [6.45, 7) is 4.00. The molecular formula is C23H26N6O2. The van der Waals surface area contributed by atoms with Gasteiger partial charge in [0.2, 0.25) is 5.91 Å². The fourth-order valence-electron chi connectivity index (χ4n) is 4.48. The van der Waals surface area contributed by atoms with Crippen molar-refractivity contribution in [2.75, 3.05) is 18.0 Å². The number of ether oxygens (including phenoxy) is 1. The first-order valence-electron chi connectivity index (χ1n) is 10.6. The predicted molar refractivity (Wildman–Crippen MR) is 120 cm³/mol. The first-order valence-corrected chi connectivity index (χ1v) is 10.6. The number of aryl methyl sites for hydroxylation is 2. The van der Waals surface area contributed by atoms with Crippen molar-refractivity contribution in [3.05, 3.63) is 48.5 Å². The highest BCUT2D eigenvalue weighted by Crippen LogP contribution is 2.31. The molecule has 8 nitrogen and oxygen atoms in total. The van der Waals surface area contributed by atoms with Crippen molar-refractivity contribution >= 4 is 33.7 Å². The molecule has 1 aliphatic rings. The van der Waals surface area contributed by atoms with Crippen molar-refractivity contribution in [1.29, 1.82) is 0 Å². The second-order valence-corrected chi connectivity index (χ2v) is 8.18. The third-order valence-electron chi connectivity index (χ3n) is 6.18. The molecule has 0 unspecified atom stereocenters. The standard InChI is InChI=1S/C23H26N6O2/c1-15-12-18-22(27(15)2)23(26-14-25-18)28-9-6-16(7-10-28)31-20-5-3-4-19-17(20)8-11-29(19)13-21(24)30/h3-5,8,11-12,14,16H,6-7,9-10,13H2,1-2H3,(H2,24,30). The number of aromatic nitrogens is 4. The lowest BCUT2D eigenvalue weighted by atomic mass is 10.1. The fraction of sp³-hybridized carbons (Fsp3) is 0.348. The lowest BCUT2D eigenvalue weighted by Crippen LogP contribution is -2.39. The molecule has 2 N–H and O–H groups in total. The van der Waals surface area contributed by atoms with E-state index in [4.69, 9.17) is 10.5 Å². The van der Waals surface area contributed by atoms with E-state index in [9.17, 15) is 4.79 Å². The molecule has 1 fully saturated rings. The van der Waals surface area contributed by atoms with E-state index in [1.165, 1.54) is 5.69 Å². The zero-order chi connectivity index (χ0) is 21.5. The van der Waals surface area contributed by atoms with Crippen LogP contribution in [-0.2, 0) is 18.4 Å². The molecule has 1 saturated heterocycles. The number of amides is 1. The minimum absolute atomic E-state index is 0.133. The number of hydrogen-bond donors (Lipinski definition) is 1. The minimum atomic E-state index is -0.358. The number of fused-ring (bicyclic) bond motifs is 2. The summed E-state index contributed by atoms with van der Waals surface area (Å²) in [4.78, 5) is 22.7. The first kappa shape index (κ1) is 19.4. The Balaban J connectivity index is 1.32. The average Bonchev–Trinajstić information content (AvgIpc) is 3.29. The lowest BCUT2D eigenvalue weighted by molar-refractivity contribution is -0.118. The van der Waals surface area contributed by atoms with Crippen molar-refractivity contribution in [2.45, 2.75) is 32.4 Å². The Hall–Kier alpha value is -3.55. The Labute approximate surface area is 180 Å². The summed E-state index contributed by atoms with van der Waals surface area (Å²) in [6, 6.07) is 10.0. The van der Waals surface area contributed by atoms with E-state index in [0.717, 1.165) is 59.4 Å². The van der Waals surface area contributed by atoms with Gasteiger partial charge in [-0.25, -0.2) is 9.97 Å². The monoisotopic (exact) mass is 418 g/mol. The van der Waals surface area contributed by atoms with E-state index in [-0.39, 0.29) is 18.6 Å². The highest BCUT2D eigenvalue weighted by Gasteiger charge is 2.24. The Morgan fingerprint density at radius 3 is 2.81 bits per heavy atom. The van der Waals surface area contributed by atoms with E-state index in [2.05, 4.69) is 39.5 Å². The number of piperidine rings is 1. The number of hydrogen-bond acceptors (Lipinski definition) is 5. The zero-order valence-corrected chi connectivity index (χ0v) is 17.8. The number of anilines is 1. The Morgan fingerprint density at radius 2 is 2.03 bits per heavy atom. The van der Waals surface area contributed by atoms with Crippen LogP contribution in [0.25, 0.3) is 21.9 Å². The van der Waals surface area contributed by atoms with E-state index in [1.54, 1.807) is 6.33 Å². The van der Waals surface area contributed by atoms with Crippen LogP contribution in [0.2, 0.25) is 0 Å². The SMILES string of the molecule is Cc1cc2ncnc(N3CCC(Oc4cccc5c4ccn5CC(N)=O)CC3)c2n1C. The Kier molecular flexibility index (Phi) is 4.77. The predicted octanol–water partition coefficient (Wildman–Crippen LogP) is 2.76. The molecule has 1 amide bonds. The summed E-state index contributed by atoms with van der Waals surface area (Å²) in [6.07, 6.45) is 5.49. The van der Waals surface area contributed by atoms with Crippen molar-refractivity contribution in [2.24, 2.45) is 12.8 Å². The molecule has 4 aromatic rings.